The number of ether oxygens (including phenoxy) is 1. The number of pyridine rings is 1. The third kappa shape index (κ3) is 3.65. The van der Waals surface area contributed by atoms with Crippen LogP contribution in [0.25, 0.3) is 50.2 Å². The lowest BCUT2D eigenvalue weighted by molar-refractivity contribution is 0.0273. The third-order valence-corrected chi connectivity index (χ3v) is 7.94. The van der Waals surface area contributed by atoms with Gasteiger partial charge < -0.3 is 4.74 Å². The van der Waals surface area contributed by atoms with E-state index in [2.05, 4.69) is 20.1 Å². The van der Waals surface area contributed by atoms with Crippen LogP contribution < -0.4 is 0 Å². The third-order valence-electron chi connectivity index (χ3n) is 7.94. The van der Waals surface area contributed by atoms with Crippen LogP contribution in [0.15, 0.2) is 79.4 Å². The van der Waals surface area contributed by atoms with E-state index in [1.807, 2.05) is 54.7 Å². The van der Waals surface area contributed by atoms with Crippen molar-refractivity contribution in [3.63, 3.8) is 0 Å². The van der Waals surface area contributed by atoms with E-state index in [9.17, 15) is 0 Å². The number of H-pyrrole nitrogens is 1. The predicted molar refractivity (Wildman–Crippen MR) is 145 cm³/mol. The van der Waals surface area contributed by atoms with Gasteiger partial charge in [0.25, 0.3) is 0 Å². The summed E-state index contributed by atoms with van der Waals surface area (Å²) in [6.45, 7) is 2.41. The van der Waals surface area contributed by atoms with E-state index in [0.29, 0.717) is 29.1 Å². The van der Waals surface area contributed by atoms with E-state index in [-0.39, 0.29) is 5.82 Å². The zero-order valence-electron chi connectivity index (χ0n) is 21.0. The maximum absolute atomic E-state index is 15.7. The number of aromatic nitrogens is 6. The van der Waals surface area contributed by atoms with Crippen LogP contribution in [0.1, 0.15) is 12.0 Å². The topological polar surface area (TPSA) is 84.2 Å². The highest BCUT2D eigenvalue weighted by Gasteiger charge is 2.38. The van der Waals surface area contributed by atoms with Gasteiger partial charge in [-0.1, -0.05) is 18.2 Å². The number of hydrogen-bond donors (Lipinski definition) is 1. The summed E-state index contributed by atoms with van der Waals surface area (Å²) in [4.78, 5) is 11.3. The summed E-state index contributed by atoms with van der Waals surface area (Å²) in [5, 5.41) is 13.3. The van der Waals surface area contributed by atoms with Crippen molar-refractivity contribution < 1.29 is 9.13 Å². The zero-order chi connectivity index (χ0) is 25.9. The molecular weight excluding hydrogens is 493 g/mol. The predicted octanol–water partition coefficient (Wildman–Crippen LogP) is 5.11. The number of halogens is 1. The number of fused-ring (bicyclic) bond motifs is 4. The molecule has 39 heavy (non-hydrogen) atoms. The molecule has 9 heteroatoms. The number of hydrogen-bond acceptors (Lipinski definition) is 6. The summed E-state index contributed by atoms with van der Waals surface area (Å²) in [5.41, 5.74) is 7.09. The first-order valence-corrected chi connectivity index (χ1v) is 13.1. The average molecular weight is 518 g/mol. The fraction of sp³-hybridized carbons (Fsp3) is 0.200. The summed E-state index contributed by atoms with van der Waals surface area (Å²) >= 11 is 0. The summed E-state index contributed by atoms with van der Waals surface area (Å²) in [6, 6.07) is 17.6. The largest absolute Gasteiger partial charge is 0.375 e. The molecule has 0 radical (unpaired) electrons. The van der Waals surface area contributed by atoms with E-state index >= 15 is 4.39 Å². The van der Waals surface area contributed by atoms with Gasteiger partial charge in [-0.25, -0.2) is 13.9 Å². The van der Waals surface area contributed by atoms with Crippen molar-refractivity contribution in [1.82, 2.24) is 34.7 Å². The Kier molecular flexibility index (Phi) is 5.07. The summed E-state index contributed by atoms with van der Waals surface area (Å²) in [7, 11) is 0. The molecule has 0 spiro atoms. The molecule has 8 nitrogen and oxygen atoms in total. The number of benzene rings is 2. The summed E-state index contributed by atoms with van der Waals surface area (Å²) in [5.74, 6) is -0.278. The van der Waals surface area contributed by atoms with Crippen LogP contribution in [0.5, 0.6) is 0 Å². The Bertz CT molecular complexity index is 1850. The molecule has 2 bridgehead atoms. The minimum atomic E-state index is -0.278. The smallest absolute Gasteiger partial charge is 0.164 e. The first kappa shape index (κ1) is 22.5. The molecule has 2 saturated heterocycles. The normalized spacial score (nSPS) is 19.0. The quantitative estimate of drug-likeness (QED) is 0.342. The lowest BCUT2D eigenvalue weighted by atomic mass is 9.99. The van der Waals surface area contributed by atoms with E-state index in [0.717, 1.165) is 65.0 Å². The Labute approximate surface area is 223 Å². The summed E-state index contributed by atoms with van der Waals surface area (Å²) < 4.78 is 23.2. The van der Waals surface area contributed by atoms with Crippen LogP contribution in [-0.4, -0.2) is 60.0 Å². The molecule has 6 heterocycles. The standard InChI is InChI=1S/C30H24FN7O/c31-25-12-18(15-37-16-21-13-20(37)17-39-21)4-5-23(25)27-8-11-33-30-28(22-2-1-3-26-24(22)14-34-35-26)29(36-38(27)30)19-6-9-32-10-7-19/h1-12,14,20-21H,13,15-17H2,(H,34,35)/t20-,21+/m0/s1. The highest BCUT2D eigenvalue weighted by atomic mass is 19.1. The lowest BCUT2D eigenvalue weighted by Crippen LogP contribution is -2.36. The van der Waals surface area contributed by atoms with Gasteiger partial charge in [0.05, 0.1) is 35.7 Å². The van der Waals surface area contributed by atoms with E-state index in [1.54, 1.807) is 29.2 Å². The molecule has 4 aromatic heterocycles. The number of aromatic amines is 1. The maximum Gasteiger partial charge on any atom is 0.164 e. The Morgan fingerprint density at radius 2 is 1.95 bits per heavy atom. The van der Waals surface area contributed by atoms with Crippen molar-refractivity contribution in [2.24, 2.45) is 0 Å². The molecule has 2 aliphatic rings. The van der Waals surface area contributed by atoms with Gasteiger partial charge in [0.2, 0.25) is 0 Å². The second-order valence-corrected chi connectivity index (χ2v) is 10.3. The van der Waals surface area contributed by atoms with Gasteiger partial charge in [-0.15, -0.1) is 0 Å². The van der Waals surface area contributed by atoms with Crippen LogP contribution in [-0.2, 0) is 11.3 Å². The number of nitrogens with zero attached hydrogens (tertiary/aromatic N) is 6. The molecule has 2 atom stereocenters. The van der Waals surface area contributed by atoms with Crippen molar-refractivity contribution in [1.29, 1.82) is 0 Å². The number of nitrogens with one attached hydrogen (secondary N) is 1. The van der Waals surface area contributed by atoms with Crippen molar-refractivity contribution in [2.75, 3.05) is 13.2 Å². The maximum atomic E-state index is 15.7. The molecule has 0 aliphatic carbocycles. The monoisotopic (exact) mass is 517 g/mol. The highest BCUT2D eigenvalue weighted by molar-refractivity contribution is 6.02. The Morgan fingerprint density at radius 1 is 1.03 bits per heavy atom. The Hall–Kier alpha value is -4.47. The van der Waals surface area contributed by atoms with Crippen LogP contribution in [0.2, 0.25) is 0 Å². The first-order chi connectivity index (χ1) is 19.2. The van der Waals surface area contributed by atoms with Gasteiger partial charge in [-0.05, 0) is 53.9 Å². The molecule has 2 aromatic carbocycles. The SMILES string of the molecule is Fc1cc(CN2C[C@H]3C[C@H]2CO3)ccc1-c1ccnc2c(-c3cccc4[nH]ncc34)c(-c3ccncc3)nn12. The molecular formula is C30H24FN7O. The molecule has 0 amide bonds. The van der Waals surface area contributed by atoms with Crippen LogP contribution >= 0.6 is 0 Å². The molecule has 2 aliphatic heterocycles. The number of morpholine rings is 1. The van der Waals surface area contributed by atoms with Gasteiger partial charge in [0.15, 0.2) is 5.65 Å². The molecule has 6 aromatic rings. The molecule has 192 valence electrons. The fourth-order valence-corrected chi connectivity index (χ4v) is 6.07. The zero-order valence-corrected chi connectivity index (χ0v) is 21.0. The Morgan fingerprint density at radius 3 is 2.77 bits per heavy atom. The molecule has 0 saturated carbocycles. The first-order valence-electron chi connectivity index (χ1n) is 13.1. The average Bonchev–Trinajstić information content (AvgIpc) is 3.77. The summed E-state index contributed by atoms with van der Waals surface area (Å²) in [6.07, 6.45) is 8.41. The van der Waals surface area contributed by atoms with Crippen molar-refractivity contribution in [2.45, 2.75) is 25.1 Å². The van der Waals surface area contributed by atoms with Crippen LogP contribution in [0.3, 0.4) is 0 Å². The fourth-order valence-electron chi connectivity index (χ4n) is 6.07. The minimum Gasteiger partial charge on any atom is -0.375 e. The van der Waals surface area contributed by atoms with Crippen LogP contribution in [0.4, 0.5) is 4.39 Å². The van der Waals surface area contributed by atoms with Crippen molar-refractivity contribution >= 4 is 16.6 Å². The van der Waals surface area contributed by atoms with Gasteiger partial charge in [-0.3, -0.25) is 15.0 Å². The molecule has 8 rings (SSSR count). The second-order valence-electron chi connectivity index (χ2n) is 10.3. The van der Waals surface area contributed by atoms with E-state index in [4.69, 9.17) is 14.8 Å². The highest BCUT2D eigenvalue weighted by Crippen LogP contribution is 2.39. The molecule has 0 unspecified atom stereocenters. The van der Waals surface area contributed by atoms with Crippen molar-refractivity contribution in [3.05, 3.63) is 90.8 Å². The number of likely N-dealkylation sites (tertiary alicyclic amines) is 1. The molecule has 2 fully saturated rings. The van der Waals surface area contributed by atoms with Gasteiger partial charge >= 0.3 is 0 Å². The minimum absolute atomic E-state index is 0.278. The van der Waals surface area contributed by atoms with Crippen molar-refractivity contribution in [3.8, 4) is 33.6 Å². The lowest BCUT2D eigenvalue weighted by Gasteiger charge is -2.26. The van der Waals surface area contributed by atoms with Gasteiger partial charge in [-0.2, -0.15) is 10.2 Å². The van der Waals surface area contributed by atoms with Gasteiger partial charge in [0.1, 0.15) is 11.5 Å². The van der Waals surface area contributed by atoms with E-state index in [1.165, 1.54) is 0 Å². The van der Waals surface area contributed by atoms with Crippen LogP contribution in [0, 0.1) is 5.82 Å². The number of rotatable bonds is 5. The van der Waals surface area contributed by atoms with Gasteiger partial charge in [0, 0.05) is 54.2 Å². The molecule has 1 N–H and O–H groups in total. The van der Waals surface area contributed by atoms with E-state index < -0.39 is 0 Å². The Balaban J connectivity index is 1.27. The second kappa shape index (κ2) is 8.79.